The topological polar surface area (TPSA) is 60.2 Å². The molecule has 0 aliphatic heterocycles. The maximum absolute atomic E-state index is 13.6. The molecule has 0 unspecified atom stereocenters. The molecular weight excluding hydrogens is 265 g/mol. The zero-order valence-corrected chi connectivity index (χ0v) is 11.2. The van der Waals surface area contributed by atoms with Gasteiger partial charge in [0.05, 0.1) is 10.6 Å². The molecule has 2 aromatic carbocycles. The predicted octanol–water partition coefficient (Wildman–Crippen LogP) is 2.69. The summed E-state index contributed by atoms with van der Waals surface area (Å²) in [6, 6.07) is 10.6. The van der Waals surface area contributed by atoms with Gasteiger partial charge in [0, 0.05) is 11.3 Å². The number of rotatable bonds is 3. The molecule has 2 rings (SSSR count). The normalized spacial score (nSPS) is 11.5. The van der Waals surface area contributed by atoms with Crippen molar-refractivity contribution in [2.24, 2.45) is 0 Å². The van der Waals surface area contributed by atoms with Crippen LogP contribution in [0.25, 0.3) is 0 Å². The summed E-state index contributed by atoms with van der Waals surface area (Å²) in [6.07, 6.45) is 0. The molecule has 0 fully saturated rings. The Balaban J connectivity index is 2.39. The van der Waals surface area contributed by atoms with E-state index in [0.29, 0.717) is 0 Å². The summed E-state index contributed by atoms with van der Waals surface area (Å²) < 4.78 is 38.0. The predicted molar refractivity (Wildman–Crippen MR) is 72.9 cm³/mol. The van der Waals surface area contributed by atoms with Crippen molar-refractivity contribution >= 4 is 15.5 Å². The number of hydrogen-bond acceptors (Lipinski definition) is 3. The smallest absolute Gasteiger partial charge is 0.182 e. The van der Waals surface area contributed by atoms with Crippen molar-refractivity contribution in [2.45, 2.75) is 17.6 Å². The Bertz CT molecular complexity index is 674. The van der Waals surface area contributed by atoms with Crippen molar-refractivity contribution in [3.05, 3.63) is 59.4 Å². The van der Waals surface area contributed by atoms with Crippen LogP contribution in [0.2, 0.25) is 0 Å². The Morgan fingerprint density at radius 2 is 1.74 bits per heavy atom. The molecule has 0 heterocycles. The number of halogens is 1. The minimum atomic E-state index is -3.60. The van der Waals surface area contributed by atoms with Crippen LogP contribution in [0.15, 0.2) is 47.4 Å². The molecule has 5 heteroatoms. The van der Waals surface area contributed by atoms with Crippen LogP contribution in [0, 0.1) is 12.7 Å². The molecule has 0 saturated heterocycles. The summed E-state index contributed by atoms with van der Waals surface area (Å²) in [5.41, 5.74) is 6.75. The molecule has 0 aromatic heterocycles. The largest absolute Gasteiger partial charge is 0.398 e. The van der Waals surface area contributed by atoms with Gasteiger partial charge < -0.3 is 5.73 Å². The summed E-state index contributed by atoms with van der Waals surface area (Å²) in [4.78, 5) is 0.167. The van der Waals surface area contributed by atoms with E-state index in [1.54, 1.807) is 12.1 Å². The Hall–Kier alpha value is -1.88. The summed E-state index contributed by atoms with van der Waals surface area (Å²) in [7, 11) is -3.60. The fraction of sp³-hybridized carbons (Fsp3) is 0.143. The van der Waals surface area contributed by atoms with Crippen molar-refractivity contribution < 1.29 is 12.8 Å². The minimum absolute atomic E-state index is 0.0167. The molecule has 0 radical (unpaired) electrons. The van der Waals surface area contributed by atoms with Gasteiger partial charge in [0.25, 0.3) is 0 Å². The first kappa shape index (κ1) is 13.5. The highest BCUT2D eigenvalue weighted by atomic mass is 32.2. The molecule has 0 aliphatic rings. The third-order valence-corrected chi connectivity index (χ3v) is 4.53. The van der Waals surface area contributed by atoms with E-state index in [0.717, 1.165) is 5.56 Å². The van der Waals surface area contributed by atoms with Gasteiger partial charge in [-0.05, 0) is 31.2 Å². The fourth-order valence-corrected chi connectivity index (χ4v) is 3.15. The Morgan fingerprint density at radius 3 is 2.32 bits per heavy atom. The molecule has 19 heavy (non-hydrogen) atoms. The summed E-state index contributed by atoms with van der Waals surface area (Å²) in [5, 5.41) is 0. The number of anilines is 1. The van der Waals surface area contributed by atoms with Gasteiger partial charge in [0.15, 0.2) is 9.84 Å². The van der Waals surface area contributed by atoms with E-state index in [2.05, 4.69) is 0 Å². The Morgan fingerprint density at radius 1 is 1.11 bits per heavy atom. The Kier molecular flexibility index (Phi) is 3.57. The van der Waals surface area contributed by atoms with Gasteiger partial charge in [-0.15, -0.1) is 0 Å². The lowest BCUT2D eigenvalue weighted by atomic mass is 10.2. The van der Waals surface area contributed by atoms with Gasteiger partial charge in [-0.3, -0.25) is 0 Å². The molecule has 2 N–H and O–H groups in total. The van der Waals surface area contributed by atoms with Crippen LogP contribution >= 0.6 is 0 Å². The zero-order valence-electron chi connectivity index (χ0n) is 10.4. The highest BCUT2D eigenvalue weighted by Gasteiger charge is 2.19. The third kappa shape index (κ3) is 2.93. The molecule has 0 bridgehead atoms. The number of nitrogens with two attached hydrogens (primary N) is 1. The lowest BCUT2D eigenvalue weighted by Gasteiger charge is -2.08. The molecule has 0 atom stereocenters. The van der Waals surface area contributed by atoms with Crippen molar-refractivity contribution in [3.63, 3.8) is 0 Å². The number of nitrogen functional groups attached to an aromatic ring is 1. The standard InChI is InChI=1S/C14H14FNO2S/c1-10-5-7-11(8-6-10)19(17,18)9-12-13(15)3-2-4-14(12)16/h2-8H,9,16H2,1H3. The third-order valence-electron chi connectivity index (χ3n) is 2.87. The van der Waals surface area contributed by atoms with Crippen molar-refractivity contribution in [2.75, 3.05) is 5.73 Å². The molecule has 0 saturated carbocycles. The van der Waals surface area contributed by atoms with Crippen LogP contribution in [-0.4, -0.2) is 8.42 Å². The highest BCUT2D eigenvalue weighted by Crippen LogP contribution is 2.22. The van der Waals surface area contributed by atoms with E-state index in [4.69, 9.17) is 5.73 Å². The lowest BCUT2D eigenvalue weighted by molar-refractivity contribution is 0.587. The second kappa shape index (κ2) is 5.01. The summed E-state index contributed by atoms with van der Waals surface area (Å²) in [6.45, 7) is 1.87. The first-order valence-electron chi connectivity index (χ1n) is 5.72. The van der Waals surface area contributed by atoms with Crippen molar-refractivity contribution in [1.82, 2.24) is 0 Å². The zero-order chi connectivity index (χ0) is 14.0. The maximum Gasteiger partial charge on any atom is 0.182 e. The molecule has 0 aliphatic carbocycles. The van der Waals surface area contributed by atoms with Gasteiger partial charge in [0.2, 0.25) is 0 Å². The van der Waals surface area contributed by atoms with E-state index < -0.39 is 21.4 Å². The number of benzene rings is 2. The van der Waals surface area contributed by atoms with Gasteiger partial charge in [-0.1, -0.05) is 23.8 Å². The average Bonchev–Trinajstić information content (AvgIpc) is 2.35. The first-order chi connectivity index (χ1) is 8.90. The quantitative estimate of drug-likeness (QED) is 0.879. The lowest BCUT2D eigenvalue weighted by Crippen LogP contribution is -2.08. The number of hydrogen-bond donors (Lipinski definition) is 1. The second-order valence-corrected chi connectivity index (χ2v) is 6.37. The van der Waals surface area contributed by atoms with E-state index in [-0.39, 0.29) is 16.1 Å². The van der Waals surface area contributed by atoms with E-state index >= 15 is 0 Å². The van der Waals surface area contributed by atoms with Crippen LogP contribution in [0.3, 0.4) is 0 Å². The number of aryl methyl sites for hydroxylation is 1. The van der Waals surface area contributed by atoms with Crippen molar-refractivity contribution in [3.8, 4) is 0 Å². The highest BCUT2D eigenvalue weighted by molar-refractivity contribution is 7.90. The Labute approximate surface area is 111 Å². The molecule has 3 nitrogen and oxygen atoms in total. The minimum Gasteiger partial charge on any atom is -0.398 e. The van der Waals surface area contributed by atoms with Gasteiger partial charge >= 0.3 is 0 Å². The van der Waals surface area contributed by atoms with E-state index in [9.17, 15) is 12.8 Å². The van der Waals surface area contributed by atoms with Gasteiger partial charge in [0.1, 0.15) is 5.82 Å². The van der Waals surface area contributed by atoms with Gasteiger partial charge in [-0.25, -0.2) is 12.8 Å². The van der Waals surface area contributed by atoms with Gasteiger partial charge in [-0.2, -0.15) is 0 Å². The number of sulfone groups is 1. The van der Waals surface area contributed by atoms with E-state index in [1.165, 1.54) is 30.3 Å². The van der Waals surface area contributed by atoms with Crippen LogP contribution in [0.4, 0.5) is 10.1 Å². The van der Waals surface area contributed by atoms with Crippen LogP contribution < -0.4 is 5.73 Å². The summed E-state index contributed by atoms with van der Waals surface area (Å²) >= 11 is 0. The molecule has 0 amide bonds. The van der Waals surface area contributed by atoms with Crippen LogP contribution in [0.1, 0.15) is 11.1 Å². The fourth-order valence-electron chi connectivity index (χ4n) is 1.75. The second-order valence-electron chi connectivity index (χ2n) is 4.38. The van der Waals surface area contributed by atoms with Crippen LogP contribution in [0.5, 0.6) is 0 Å². The molecule has 100 valence electrons. The molecular formula is C14H14FNO2S. The van der Waals surface area contributed by atoms with E-state index in [1.807, 2.05) is 6.92 Å². The van der Waals surface area contributed by atoms with Crippen LogP contribution in [-0.2, 0) is 15.6 Å². The molecule has 2 aromatic rings. The first-order valence-corrected chi connectivity index (χ1v) is 7.37. The average molecular weight is 279 g/mol. The molecule has 0 spiro atoms. The monoisotopic (exact) mass is 279 g/mol. The van der Waals surface area contributed by atoms with Crippen molar-refractivity contribution in [1.29, 1.82) is 0 Å². The maximum atomic E-state index is 13.6. The summed E-state index contributed by atoms with van der Waals surface area (Å²) in [5.74, 6) is -1.04. The SMILES string of the molecule is Cc1ccc(S(=O)(=O)Cc2c(N)cccc2F)cc1.